The Bertz CT molecular complexity index is 1540. The Kier molecular flexibility index (Phi) is 8.78. The molecule has 7 nitrogen and oxygen atoms in total. The molecule has 1 atom stereocenters. The molecule has 1 aliphatic rings. The number of aryl methyl sites for hydroxylation is 1. The quantitative estimate of drug-likeness (QED) is 0.273. The van der Waals surface area contributed by atoms with Crippen LogP contribution in [0.2, 0.25) is 0 Å². The van der Waals surface area contributed by atoms with Crippen LogP contribution < -0.4 is 5.56 Å². The van der Waals surface area contributed by atoms with Gasteiger partial charge in [0.15, 0.2) is 0 Å². The van der Waals surface area contributed by atoms with E-state index in [0.717, 1.165) is 78.5 Å². The van der Waals surface area contributed by atoms with Gasteiger partial charge in [-0.05, 0) is 62.1 Å². The van der Waals surface area contributed by atoms with E-state index in [1.165, 1.54) is 0 Å². The molecule has 0 radical (unpaired) electrons. The molecule has 40 heavy (non-hydrogen) atoms. The van der Waals surface area contributed by atoms with Crippen molar-refractivity contribution < 1.29 is 9.84 Å². The van der Waals surface area contributed by atoms with Crippen LogP contribution >= 0.6 is 0 Å². The molecule has 2 aromatic carbocycles. The van der Waals surface area contributed by atoms with E-state index in [4.69, 9.17) is 4.74 Å². The van der Waals surface area contributed by atoms with Gasteiger partial charge in [0.2, 0.25) is 0 Å². The molecule has 2 heterocycles. The van der Waals surface area contributed by atoms with Crippen LogP contribution in [0.1, 0.15) is 80.8 Å². The van der Waals surface area contributed by atoms with Gasteiger partial charge < -0.3 is 9.84 Å². The van der Waals surface area contributed by atoms with Crippen LogP contribution in [0.15, 0.2) is 65.6 Å². The maximum atomic E-state index is 14.4. The van der Waals surface area contributed by atoms with Gasteiger partial charge in [0.05, 0.1) is 36.3 Å². The van der Waals surface area contributed by atoms with Gasteiger partial charge in [0.1, 0.15) is 11.7 Å². The number of benzene rings is 2. The average molecular weight is 539 g/mol. The van der Waals surface area contributed by atoms with Gasteiger partial charge in [-0.15, -0.1) is 0 Å². The maximum absolute atomic E-state index is 14.4. The number of unbranched alkanes of at least 4 members (excludes halogenated alkanes) is 1. The van der Waals surface area contributed by atoms with E-state index in [0.29, 0.717) is 18.6 Å². The molecular weight excluding hydrogens is 500 g/mol. The van der Waals surface area contributed by atoms with Gasteiger partial charge in [0.25, 0.3) is 5.56 Å². The summed E-state index contributed by atoms with van der Waals surface area (Å²) in [6.07, 6.45) is 7.82. The number of nitriles is 1. The van der Waals surface area contributed by atoms with Crippen LogP contribution in [0.4, 0.5) is 0 Å². The zero-order valence-corrected chi connectivity index (χ0v) is 23.4. The molecule has 1 saturated carbocycles. The SMILES string of the molecule is CCCCc1c(Cc2cccc(-c3ccccc3)c2C#N)c(=O)n(C2CCC(OCC(C)O)CC2)c2ccnn12. The number of hydrogen-bond donors (Lipinski definition) is 1. The average Bonchev–Trinajstić information content (AvgIpc) is 3.46. The Morgan fingerprint density at radius 3 is 2.58 bits per heavy atom. The van der Waals surface area contributed by atoms with Crippen molar-refractivity contribution in [2.75, 3.05) is 6.61 Å². The lowest BCUT2D eigenvalue weighted by Crippen LogP contribution is -2.35. The molecule has 2 aromatic heterocycles. The summed E-state index contributed by atoms with van der Waals surface area (Å²) in [5.74, 6) is 0. The van der Waals surface area contributed by atoms with Gasteiger partial charge in [-0.2, -0.15) is 10.4 Å². The number of hydrogen-bond acceptors (Lipinski definition) is 5. The van der Waals surface area contributed by atoms with E-state index >= 15 is 0 Å². The largest absolute Gasteiger partial charge is 0.391 e. The highest BCUT2D eigenvalue weighted by Crippen LogP contribution is 2.32. The first kappa shape index (κ1) is 27.8. The van der Waals surface area contributed by atoms with Gasteiger partial charge in [-0.25, -0.2) is 4.52 Å². The smallest absolute Gasteiger partial charge is 0.257 e. The molecule has 0 saturated heterocycles. The van der Waals surface area contributed by atoms with E-state index < -0.39 is 6.10 Å². The van der Waals surface area contributed by atoms with Crippen LogP contribution in [0.5, 0.6) is 0 Å². The highest BCUT2D eigenvalue weighted by Gasteiger charge is 2.28. The fraction of sp³-hybridized carbons (Fsp3) is 0.424. The number of ether oxygens (including phenoxy) is 1. The van der Waals surface area contributed by atoms with E-state index in [1.54, 1.807) is 13.1 Å². The van der Waals surface area contributed by atoms with Gasteiger partial charge in [0, 0.05) is 24.1 Å². The lowest BCUT2D eigenvalue weighted by Gasteiger charge is -2.31. The third-order valence-electron chi connectivity index (χ3n) is 8.01. The van der Waals surface area contributed by atoms with Crippen LogP contribution in [0.3, 0.4) is 0 Å². The number of aliphatic hydroxyl groups is 1. The highest BCUT2D eigenvalue weighted by atomic mass is 16.5. The summed E-state index contributed by atoms with van der Waals surface area (Å²) in [5.41, 5.74) is 5.83. The van der Waals surface area contributed by atoms with Crippen molar-refractivity contribution in [1.82, 2.24) is 14.2 Å². The zero-order chi connectivity index (χ0) is 28.1. The lowest BCUT2D eigenvalue weighted by atomic mass is 9.91. The van der Waals surface area contributed by atoms with Gasteiger partial charge in [-0.3, -0.25) is 9.36 Å². The molecule has 0 aliphatic heterocycles. The van der Waals surface area contributed by atoms with Crippen LogP contribution in [-0.2, 0) is 17.6 Å². The first-order valence-corrected chi connectivity index (χ1v) is 14.5. The predicted molar refractivity (Wildman–Crippen MR) is 156 cm³/mol. The van der Waals surface area contributed by atoms with Gasteiger partial charge in [-0.1, -0.05) is 61.9 Å². The molecule has 0 amide bonds. The normalized spacial score (nSPS) is 18.1. The molecule has 5 rings (SSSR count). The Balaban J connectivity index is 1.57. The summed E-state index contributed by atoms with van der Waals surface area (Å²) in [6.45, 7) is 4.22. The maximum Gasteiger partial charge on any atom is 0.257 e. The molecule has 208 valence electrons. The van der Waals surface area contributed by atoms with Crippen LogP contribution in [0, 0.1) is 11.3 Å². The van der Waals surface area contributed by atoms with Crippen molar-refractivity contribution in [2.24, 2.45) is 0 Å². The Labute approximate surface area is 235 Å². The topological polar surface area (TPSA) is 92.5 Å². The summed E-state index contributed by atoms with van der Waals surface area (Å²) >= 11 is 0. The number of nitrogens with zero attached hydrogens (tertiary/aromatic N) is 4. The molecule has 0 spiro atoms. The molecule has 1 N–H and O–H groups in total. The Morgan fingerprint density at radius 1 is 1.10 bits per heavy atom. The number of fused-ring (bicyclic) bond motifs is 1. The minimum absolute atomic E-state index is 0.0152. The molecule has 1 fully saturated rings. The van der Waals surface area contributed by atoms with Crippen molar-refractivity contribution in [3.63, 3.8) is 0 Å². The predicted octanol–water partition coefficient (Wildman–Crippen LogP) is 5.85. The van der Waals surface area contributed by atoms with Crippen molar-refractivity contribution in [3.05, 3.63) is 93.5 Å². The minimum atomic E-state index is -0.483. The highest BCUT2D eigenvalue weighted by molar-refractivity contribution is 5.72. The lowest BCUT2D eigenvalue weighted by molar-refractivity contribution is -0.0232. The number of aromatic nitrogens is 3. The molecule has 4 aromatic rings. The third kappa shape index (κ3) is 5.74. The number of rotatable bonds is 10. The second-order valence-corrected chi connectivity index (χ2v) is 10.9. The minimum Gasteiger partial charge on any atom is -0.391 e. The van der Waals surface area contributed by atoms with Gasteiger partial charge >= 0.3 is 0 Å². The van der Waals surface area contributed by atoms with Crippen molar-refractivity contribution in [2.45, 2.75) is 83.5 Å². The first-order chi connectivity index (χ1) is 19.5. The van der Waals surface area contributed by atoms with Crippen LogP contribution in [0.25, 0.3) is 16.8 Å². The first-order valence-electron chi connectivity index (χ1n) is 14.5. The van der Waals surface area contributed by atoms with E-state index in [1.807, 2.05) is 63.7 Å². The summed E-state index contributed by atoms with van der Waals surface area (Å²) < 4.78 is 9.78. The molecular formula is C33H38N4O3. The summed E-state index contributed by atoms with van der Waals surface area (Å²) in [5, 5.41) is 24.5. The van der Waals surface area contributed by atoms with Crippen molar-refractivity contribution in [1.29, 1.82) is 5.26 Å². The summed E-state index contributed by atoms with van der Waals surface area (Å²) in [7, 11) is 0. The number of aliphatic hydroxyl groups excluding tert-OH is 1. The fourth-order valence-electron chi connectivity index (χ4n) is 5.99. The van der Waals surface area contributed by atoms with Crippen molar-refractivity contribution in [3.8, 4) is 17.2 Å². The summed E-state index contributed by atoms with van der Waals surface area (Å²) in [4.78, 5) is 14.4. The molecule has 1 aliphatic carbocycles. The zero-order valence-electron chi connectivity index (χ0n) is 23.4. The molecule has 0 bridgehead atoms. The van der Waals surface area contributed by atoms with Crippen molar-refractivity contribution >= 4 is 5.65 Å². The second kappa shape index (κ2) is 12.6. The van der Waals surface area contributed by atoms with E-state index in [-0.39, 0.29) is 17.7 Å². The summed E-state index contributed by atoms with van der Waals surface area (Å²) in [6, 6.07) is 20.3. The molecule has 1 unspecified atom stereocenters. The molecule has 7 heteroatoms. The third-order valence-corrected chi connectivity index (χ3v) is 8.01. The monoisotopic (exact) mass is 538 g/mol. The Hall–Kier alpha value is -3.73. The standard InChI is InChI=1S/C33H38N4O3/c1-3-4-13-31-29(20-25-11-8-12-28(30(25)21-34)24-9-6-5-7-10-24)33(39)36(32-18-19-35-37(31)32)26-14-16-27(17-15-26)40-22-23(2)38/h5-12,18-19,23,26-27,38H,3-4,13-17,20,22H2,1-2H3. The fourth-order valence-corrected chi connectivity index (χ4v) is 5.99. The van der Waals surface area contributed by atoms with Crippen LogP contribution in [-0.4, -0.2) is 38.1 Å². The second-order valence-electron chi connectivity index (χ2n) is 10.9. The van der Waals surface area contributed by atoms with E-state index in [2.05, 4.69) is 18.1 Å². The van der Waals surface area contributed by atoms with E-state index in [9.17, 15) is 15.2 Å². The Morgan fingerprint density at radius 2 is 1.88 bits per heavy atom.